The van der Waals surface area contributed by atoms with Crippen molar-refractivity contribution >= 4 is 5.91 Å². The Morgan fingerprint density at radius 1 is 1.64 bits per heavy atom. The molecule has 0 heterocycles. The van der Waals surface area contributed by atoms with E-state index >= 15 is 0 Å². The first-order chi connectivity index (χ1) is 6.65. The maximum absolute atomic E-state index is 10.8. The number of phenols is 1. The van der Waals surface area contributed by atoms with Gasteiger partial charge in [0.15, 0.2) is 11.5 Å². The lowest BCUT2D eigenvalue weighted by atomic mass is 10.2. The number of aromatic hydroxyl groups is 1. The fourth-order valence-electron chi connectivity index (χ4n) is 0.932. The van der Waals surface area contributed by atoms with Crippen LogP contribution in [0.2, 0.25) is 0 Å². The van der Waals surface area contributed by atoms with Crippen LogP contribution in [0.4, 0.5) is 0 Å². The zero-order valence-electron chi connectivity index (χ0n) is 7.56. The molecule has 3 N–H and O–H groups in total. The lowest BCUT2D eigenvalue weighted by molar-refractivity contribution is 0.1000. The van der Waals surface area contributed by atoms with E-state index in [2.05, 4.69) is 6.58 Å². The van der Waals surface area contributed by atoms with Crippen LogP contribution in [-0.2, 0) is 0 Å². The molecule has 1 rings (SSSR count). The number of nitrogens with two attached hydrogens (primary N) is 1. The van der Waals surface area contributed by atoms with Gasteiger partial charge in [-0.3, -0.25) is 4.79 Å². The third kappa shape index (κ3) is 2.26. The fourth-order valence-corrected chi connectivity index (χ4v) is 0.932. The molecule has 0 radical (unpaired) electrons. The van der Waals surface area contributed by atoms with E-state index in [1.165, 1.54) is 24.3 Å². The van der Waals surface area contributed by atoms with Crippen LogP contribution in [0.5, 0.6) is 11.5 Å². The maximum atomic E-state index is 10.8. The van der Waals surface area contributed by atoms with Crippen molar-refractivity contribution in [1.82, 2.24) is 0 Å². The second-order valence-electron chi connectivity index (χ2n) is 2.65. The summed E-state index contributed by atoms with van der Waals surface area (Å²) in [4.78, 5) is 10.8. The van der Waals surface area contributed by atoms with Crippen molar-refractivity contribution in [3.8, 4) is 11.5 Å². The van der Waals surface area contributed by atoms with Gasteiger partial charge in [0.2, 0.25) is 5.91 Å². The Morgan fingerprint density at radius 3 is 2.93 bits per heavy atom. The first kappa shape index (κ1) is 10.1. The van der Waals surface area contributed by atoms with Crippen molar-refractivity contribution in [2.24, 2.45) is 5.73 Å². The molecular formula is C10H11NO3. The van der Waals surface area contributed by atoms with Gasteiger partial charge < -0.3 is 15.6 Å². The van der Waals surface area contributed by atoms with Gasteiger partial charge in [0, 0.05) is 5.56 Å². The highest BCUT2D eigenvalue weighted by Crippen LogP contribution is 2.26. The Morgan fingerprint density at radius 2 is 2.36 bits per heavy atom. The zero-order chi connectivity index (χ0) is 10.6. The topological polar surface area (TPSA) is 72.5 Å². The molecular weight excluding hydrogens is 182 g/mol. The van der Waals surface area contributed by atoms with Gasteiger partial charge >= 0.3 is 0 Å². The Balaban J connectivity index is 2.95. The van der Waals surface area contributed by atoms with Crippen molar-refractivity contribution in [2.75, 3.05) is 6.61 Å². The third-order valence-electron chi connectivity index (χ3n) is 1.60. The van der Waals surface area contributed by atoms with Crippen molar-refractivity contribution in [3.05, 3.63) is 36.4 Å². The van der Waals surface area contributed by atoms with E-state index in [4.69, 9.17) is 10.5 Å². The highest BCUT2D eigenvalue weighted by atomic mass is 16.5. The molecule has 0 aliphatic carbocycles. The lowest BCUT2D eigenvalue weighted by Crippen LogP contribution is -2.10. The fraction of sp³-hybridized carbons (Fsp3) is 0.100. The number of benzene rings is 1. The number of primary amides is 1. The smallest absolute Gasteiger partial charge is 0.248 e. The average Bonchev–Trinajstić information content (AvgIpc) is 2.16. The molecule has 0 unspecified atom stereocenters. The molecule has 14 heavy (non-hydrogen) atoms. The molecule has 4 heteroatoms. The van der Waals surface area contributed by atoms with Crippen molar-refractivity contribution in [1.29, 1.82) is 0 Å². The highest BCUT2D eigenvalue weighted by Gasteiger charge is 2.06. The maximum Gasteiger partial charge on any atom is 0.248 e. The molecule has 0 saturated heterocycles. The largest absolute Gasteiger partial charge is 0.504 e. The number of rotatable bonds is 4. The van der Waals surface area contributed by atoms with Crippen LogP contribution in [0.3, 0.4) is 0 Å². The summed E-state index contributed by atoms with van der Waals surface area (Å²) in [7, 11) is 0. The molecule has 4 nitrogen and oxygen atoms in total. The van der Waals surface area contributed by atoms with Gasteiger partial charge in [0.25, 0.3) is 0 Å². The molecule has 1 aromatic carbocycles. The van der Waals surface area contributed by atoms with Crippen LogP contribution in [-0.4, -0.2) is 17.6 Å². The van der Waals surface area contributed by atoms with Crippen LogP contribution in [0.15, 0.2) is 30.9 Å². The van der Waals surface area contributed by atoms with E-state index in [1.807, 2.05) is 0 Å². The van der Waals surface area contributed by atoms with Gasteiger partial charge in [-0.1, -0.05) is 12.7 Å². The number of phenolic OH excluding ortho intramolecular Hbond substituents is 1. The standard InChI is InChI=1S/C10H11NO3/c1-2-5-14-9-6-7(10(11)13)3-4-8(9)12/h2-4,6,12H,1,5H2,(H2,11,13). The molecule has 0 aliphatic heterocycles. The van der Waals surface area contributed by atoms with E-state index in [1.54, 1.807) is 0 Å². The molecule has 1 aromatic rings. The second kappa shape index (κ2) is 4.32. The number of carbonyl (C=O) groups excluding carboxylic acids is 1. The minimum absolute atomic E-state index is 0.0307. The lowest BCUT2D eigenvalue weighted by Gasteiger charge is -2.06. The average molecular weight is 193 g/mol. The molecule has 0 aliphatic rings. The third-order valence-corrected chi connectivity index (χ3v) is 1.60. The number of ether oxygens (including phenoxy) is 1. The Labute approximate surface area is 81.6 Å². The molecule has 0 spiro atoms. The van der Waals surface area contributed by atoms with Crippen molar-refractivity contribution < 1.29 is 14.6 Å². The Bertz CT molecular complexity index is 360. The van der Waals surface area contributed by atoms with Gasteiger partial charge in [-0.2, -0.15) is 0 Å². The Hall–Kier alpha value is -1.97. The molecule has 0 bridgehead atoms. The second-order valence-corrected chi connectivity index (χ2v) is 2.65. The van der Waals surface area contributed by atoms with E-state index in [0.29, 0.717) is 5.56 Å². The minimum atomic E-state index is -0.562. The molecule has 0 fully saturated rings. The predicted octanol–water partition coefficient (Wildman–Crippen LogP) is 1.06. The molecule has 0 saturated carbocycles. The Kier molecular flexibility index (Phi) is 3.12. The summed E-state index contributed by atoms with van der Waals surface area (Å²) in [6.45, 7) is 3.72. The van der Waals surface area contributed by atoms with Crippen LogP contribution < -0.4 is 10.5 Å². The highest BCUT2D eigenvalue weighted by molar-refractivity contribution is 5.93. The molecule has 74 valence electrons. The number of hydrogen-bond donors (Lipinski definition) is 2. The summed E-state index contributed by atoms with van der Waals surface area (Å²) in [6, 6.07) is 4.18. The summed E-state index contributed by atoms with van der Waals surface area (Å²) in [5, 5.41) is 9.33. The van der Waals surface area contributed by atoms with Gasteiger partial charge in [0.05, 0.1) is 0 Å². The molecule has 1 amide bonds. The van der Waals surface area contributed by atoms with E-state index in [-0.39, 0.29) is 18.1 Å². The first-order valence-corrected chi connectivity index (χ1v) is 4.01. The van der Waals surface area contributed by atoms with Crippen molar-refractivity contribution in [2.45, 2.75) is 0 Å². The van der Waals surface area contributed by atoms with E-state index in [9.17, 15) is 9.90 Å². The number of amides is 1. The van der Waals surface area contributed by atoms with Crippen LogP contribution in [0.25, 0.3) is 0 Å². The zero-order valence-corrected chi connectivity index (χ0v) is 7.56. The normalized spacial score (nSPS) is 9.43. The summed E-state index contributed by atoms with van der Waals surface area (Å²) in [6.07, 6.45) is 1.54. The number of hydrogen-bond acceptors (Lipinski definition) is 3. The van der Waals surface area contributed by atoms with Crippen LogP contribution in [0.1, 0.15) is 10.4 Å². The number of carbonyl (C=O) groups is 1. The van der Waals surface area contributed by atoms with Gasteiger partial charge in [-0.25, -0.2) is 0 Å². The predicted molar refractivity (Wildman–Crippen MR) is 52.3 cm³/mol. The van der Waals surface area contributed by atoms with Crippen molar-refractivity contribution in [3.63, 3.8) is 0 Å². The molecule has 0 atom stereocenters. The van der Waals surface area contributed by atoms with Gasteiger partial charge in [-0.15, -0.1) is 0 Å². The SMILES string of the molecule is C=CCOc1cc(C(N)=O)ccc1O. The van der Waals surface area contributed by atoms with Gasteiger partial charge in [0.1, 0.15) is 6.61 Å². The monoisotopic (exact) mass is 193 g/mol. The van der Waals surface area contributed by atoms with Crippen LogP contribution in [0, 0.1) is 0 Å². The van der Waals surface area contributed by atoms with E-state index in [0.717, 1.165) is 0 Å². The summed E-state index contributed by atoms with van der Waals surface area (Å²) in [5.41, 5.74) is 5.36. The summed E-state index contributed by atoms with van der Waals surface area (Å²) >= 11 is 0. The van der Waals surface area contributed by atoms with Gasteiger partial charge in [-0.05, 0) is 18.2 Å². The van der Waals surface area contributed by atoms with E-state index < -0.39 is 5.91 Å². The quantitative estimate of drug-likeness (QED) is 0.702. The first-order valence-electron chi connectivity index (χ1n) is 4.01. The molecule has 0 aromatic heterocycles. The summed E-state index contributed by atoms with van der Waals surface area (Å²) in [5.74, 6) is -0.369. The minimum Gasteiger partial charge on any atom is -0.504 e. The summed E-state index contributed by atoms with van der Waals surface area (Å²) < 4.78 is 5.10. The van der Waals surface area contributed by atoms with Crippen LogP contribution >= 0.6 is 0 Å².